The van der Waals surface area contributed by atoms with E-state index in [4.69, 9.17) is 16.6 Å². The second-order valence-corrected chi connectivity index (χ2v) is 18.0. The molecule has 16 heteroatoms. The Labute approximate surface area is 361 Å². The Morgan fingerprint density at radius 3 is 2.27 bits per heavy atom. The summed E-state index contributed by atoms with van der Waals surface area (Å²) < 4.78 is 0. The molecule has 318 valence electrons. The van der Waals surface area contributed by atoms with Crippen LogP contribution in [0.2, 0.25) is 5.02 Å². The van der Waals surface area contributed by atoms with Crippen LogP contribution in [0.25, 0.3) is 0 Å². The Balaban J connectivity index is 0.710. The van der Waals surface area contributed by atoms with Crippen LogP contribution in [0.15, 0.2) is 54.7 Å². The number of hydrogen-bond donors (Lipinski definition) is 3. The zero-order valence-corrected chi connectivity index (χ0v) is 36.2. The first-order chi connectivity index (χ1) is 29.1. The largest absolute Gasteiger partial charge is 0.369 e. The van der Waals surface area contributed by atoms with Crippen molar-refractivity contribution in [1.29, 1.82) is 0 Å². The van der Waals surface area contributed by atoms with E-state index < -0.39 is 0 Å². The number of piperidine rings is 2. The summed E-state index contributed by atoms with van der Waals surface area (Å²) in [5.74, 6) is 2.17. The standard InChI is InChI=1S/C44H56ClN11O3S/c1-30-5-3-6-36(45)41(30)51-43(59)37-28-46-44(60-37)49-38-27-39(48-31(2)47-38)56-25-19-53(20-26-56)16-4-15-52-17-13-32(14-18-52)29-54-21-23-55(24-22-54)34-9-7-33(8-10-34)35-11-12-40(57)50-42(35)58/h3,5-10,27-28,32,35H,4,11-26,29H2,1-2H3,(H,51,59)(H,50,57,58)(H,46,47,48,49). The van der Waals surface area contributed by atoms with Crippen LogP contribution in [0.1, 0.15) is 64.6 Å². The number of anilines is 5. The van der Waals surface area contributed by atoms with Crippen molar-refractivity contribution in [2.24, 2.45) is 5.92 Å². The third-order valence-electron chi connectivity index (χ3n) is 12.4. The lowest BCUT2D eigenvalue weighted by Crippen LogP contribution is -2.49. The second kappa shape index (κ2) is 19.4. The van der Waals surface area contributed by atoms with Crippen LogP contribution in [0, 0.1) is 19.8 Å². The predicted octanol–water partition coefficient (Wildman–Crippen LogP) is 5.77. The van der Waals surface area contributed by atoms with E-state index in [1.807, 2.05) is 32.0 Å². The number of para-hydroxylation sites is 1. The van der Waals surface area contributed by atoms with Crippen molar-refractivity contribution in [3.8, 4) is 0 Å². The van der Waals surface area contributed by atoms with Gasteiger partial charge in [0.1, 0.15) is 22.3 Å². The lowest BCUT2D eigenvalue weighted by Gasteiger charge is -2.40. The summed E-state index contributed by atoms with van der Waals surface area (Å²) >= 11 is 7.58. The number of halogens is 1. The quantitative estimate of drug-likeness (QED) is 0.141. The molecule has 0 aliphatic carbocycles. The summed E-state index contributed by atoms with van der Waals surface area (Å²) in [7, 11) is 0. The number of amides is 3. The maximum Gasteiger partial charge on any atom is 0.267 e. The fourth-order valence-electron chi connectivity index (χ4n) is 8.88. The Hall–Kier alpha value is -4.67. The van der Waals surface area contributed by atoms with E-state index in [-0.39, 0.29) is 23.6 Å². The van der Waals surface area contributed by atoms with E-state index in [2.05, 4.69) is 74.7 Å². The molecular weight excluding hydrogens is 798 g/mol. The minimum atomic E-state index is -0.257. The number of rotatable bonds is 13. The molecule has 0 radical (unpaired) electrons. The van der Waals surface area contributed by atoms with Gasteiger partial charge in [-0.2, -0.15) is 0 Å². The number of carbonyl (C=O) groups is 3. The van der Waals surface area contributed by atoms with Crippen LogP contribution < -0.4 is 25.8 Å². The third kappa shape index (κ3) is 10.6. The van der Waals surface area contributed by atoms with Crippen LogP contribution in [0.5, 0.6) is 0 Å². The normalized spacial score (nSPS) is 20.0. The van der Waals surface area contributed by atoms with Crippen molar-refractivity contribution in [1.82, 2.24) is 35.0 Å². The topological polar surface area (TPSA) is 142 Å². The molecule has 4 saturated heterocycles. The first kappa shape index (κ1) is 42.0. The molecule has 1 unspecified atom stereocenters. The van der Waals surface area contributed by atoms with Gasteiger partial charge in [-0.05, 0) is 101 Å². The highest BCUT2D eigenvalue weighted by Gasteiger charge is 2.29. The number of aryl methyl sites for hydroxylation is 2. The summed E-state index contributed by atoms with van der Waals surface area (Å²) in [4.78, 5) is 63.7. The first-order valence-electron chi connectivity index (χ1n) is 21.4. The monoisotopic (exact) mass is 853 g/mol. The molecule has 6 heterocycles. The number of nitrogens with zero attached hydrogens (tertiary/aromatic N) is 8. The van der Waals surface area contributed by atoms with Gasteiger partial charge in [0.15, 0.2) is 5.13 Å². The van der Waals surface area contributed by atoms with Gasteiger partial charge in [-0.15, -0.1) is 0 Å². The van der Waals surface area contributed by atoms with Crippen molar-refractivity contribution in [2.45, 2.75) is 51.9 Å². The maximum atomic E-state index is 13.0. The minimum Gasteiger partial charge on any atom is -0.369 e. The number of hydrogen-bond acceptors (Lipinski definition) is 13. The number of aromatic nitrogens is 3. The molecule has 14 nitrogen and oxygen atoms in total. The molecule has 2 aromatic heterocycles. The van der Waals surface area contributed by atoms with E-state index in [1.54, 1.807) is 12.3 Å². The van der Waals surface area contributed by atoms with E-state index in [0.29, 0.717) is 45.2 Å². The number of benzene rings is 2. The molecule has 3 N–H and O–H groups in total. The number of imide groups is 1. The highest BCUT2D eigenvalue weighted by molar-refractivity contribution is 7.17. The highest BCUT2D eigenvalue weighted by Crippen LogP contribution is 2.30. The lowest BCUT2D eigenvalue weighted by atomic mass is 9.90. The summed E-state index contributed by atoms with van der Waals surface area (Å²) in [6, 6.07) is 15.9. The van der Waals surface area contributed by atoms with Crippen molar-refractivity contribution in [2.75, 3.05) is 106 Å². The highest BCUT2D eigenvalue weighted by atomic mass is 35.5. The van der Waals surface area contributed by atoms with Crippen LogP contribution in [0.3, 0.4) is 0 Å². The van der Waals surface area contributed by atoms with Crippen LogP contribution in [-0.4, -0.2) is 132 Å². The van der Waals surface area contributed by atoms with Crippen molar-refractivity contribution >= 4 is 68.8 Å². The summed E-state index contributed by atoms with van der Waals surface area (Å²) in [5.41, 5.74) is 3.70. The molecule has 4 fully saturated rings. The third-order valence-corrected chi connectivity index (χ3v) is 13.6. The molecule has 60 heavy (non-hydrogen) atoms. The maximum absolute atomic E-state index is 13.0. The van der Waals surface area contributed by atoms with Gasteiger partial charge in [-0.1, -0.05) is 47.2 Å². The molecule has 0 spiro atoms. The van der Waals surface area contributed by atoms with Crippen molar-refractivity contribution < 1.29 is 14.4 Å². The Kier molecular flexibility index (Phi) is 13.6. The van der Waals surface area contributed by atoms with Crippen molar-refractivity contribution in [3.05, 3.63) is 81.6 Å². The van der Waals surface area contributed by atoms with Crippen molar-refractivity contribution in [3.63, 3.8) is 0 Å². The van der Waals surface area contributed by atoms with Crippen LogP contribution in [-0.2, 0) is 9.59 Å². The summed E-state index contributed by atoms with van der Waals surface area (Å²) in [6.45, 7) is 17.7. The number of likely N-dealkylation sites (tertiary alicyclic amines) is 1. The summed E-state index contributed by atoms with van der Waals surface area (Å²) in [5, 5.41) is 9.75. The molecule has 8 rings (SSSR count). The summed E-state index contributed by atoms with van der Waals surface area (Å²) in [6.07, 6.45) is 6.30. The van der Waals surface area contributed by atoms with Gasteiger partial charge in [0.25, 0.3) is 5.91 Å². The first-order valence-corrected chi connectivity index (χ1v) is 22.6. The van der Waals surface area contributed by atoms with E-state index in [0.717, 1.165) is 88.3 Å². The molecule has 4 aliphatic rings. The predicted molar refractivity (Wildman–Crippen MR) is 239 cm³/mol. The molecule has 4 aliphatic heterocycles. The Bertz CT molecular complexity index is 2110. The van der Waals surface area contributed by atoms with Crippen LogP contribution >= 0.6 is 22.9 Å². The SMILES string of the molecule is Cc1nc(Nc2ncc(C(=O)Nc3c(C)cccc3Cl)s2)cc(N2CCN(CCCN3CCC(CN4CCN(c5ccc(C6CCC(=O)NC6=O)cc5)CC4)CC3)CC2)n1. The van der Waals surface area contributed by atoms with E-state index in [9.17, 15) is 14.4 Å². The smallest absolute Gasteiger partial charge is 0.267 e. The molecular formula is C44H56ClN11O3S. The molecule has 0 bridgehead atoms. The van der Waals surface area contributed by atoms with Gasteiger partial charge in [-0.3, -0.25) is 29.5 Å². The minimum absolute atomic E-state index is 0.170. The van der Waals surface area contributed by atoms with Gasteiger partial charge in [0.05, 0.1) is 22.8 Å². The molecule has 1 atom stereocenters. The zero-order valence-electron chi connectivity index (χ0n) is 34.7. The fourth-order valence-corrected chi connectivity index (χ4v) is 9.87. The second-order valence-electron chi connectivity index (χ2n) is 16.5. The fraction of sp³-hybridized carbons (Fsp3) is 0.500. The van der Waals surface area contributed by atoms with E-state index >= 15 is 0 Å². The number of thiazole rings is 1. The van der Waals surface area contributed by atoms with Gasteiger partial charge in [-0.25, -0.2) is 15.0 Å². The van der Waals surface area contributed by atoms with Gasteiger partial charge in [0, 0.05) is 77.1 Å². The molecule has 2 aromatic carbocycles. The number of nitrogens with one attached hydrogen (secondary N) is 3. The van der Waals surface area contributed by atoms with Crippen LogP contribution in [0.4, 0.5) is 28.1 Å². The number of piperazine rings is 2. The van der Waals surface area contributed by atoms with Gasteiger partial charge in [0.2, 0.25) is 11.8 Å². The zero-order chi connectivity index (χ0) is 41.6. The molecule has 3 amide bonds. The van der Waals surface area contributed by atoms with Gasteiger partial charge >= 0.3 is 0 Å². The van der Waals surface area contributed by atoms with E-state index in [1.165, 1.54) is 55.9 Å². The average Bonchev–Trinajstić information content (AvgIpc) is 3.72. The average molecular weight is 855 g/mol. The lowest BCUT2D eigenvalue weighted by molar-refractivity contribution is -0.134. The Morgan fingerprint density at radius 1 is 0.850 bits per heavy atom. The molecule has 4 aromatic rings. The Morgan fingerprint density at radius 2 is 1.55 bits per heavy atom. The van der Waals surface area contributed by atoms with Gasteiger partial charge < -0.3 is 25.3 Å². The number of carbonyl (C=O) groups excluding carboxylic acids is 3. The molecule has 0 saturated carbocycles.